The highest BCUT2D eigenvalue weighted by Gasteiger charge is 2.06. The maximum Gasteiger partial charge on any atom is 0.0947 e. The molecule has 0 spiro atoms. The molecule has 2 nitrogen and oxygen atoms in total. The van der Waals surface area contributed by atoms with Gasteiger partial charge < -0.3 is 5.73 Å². The van der Waals surface area contributed by atoms with E-state index >= 15 is 0 Å². The SMILES string of the molecule is CC(N)Cc1nc(-c2ccc(Cl)cc2)cs1. The molecule has 2 aromatic rings. The summed E-state index contributed by atoms with van der Waals surface area (Å²) in [6, 6.07) is 7.87. The molecule has 16 heavy (non-hydrogen) atoms. The summed E-state index contributed by atoms with van der Waals surface area (Å²) in [5.41, 5.74) is 7.83. The lowest BCUT2D eigenvalue weighted by Gasteiger charge is -1.99. The first-order chi connectivity index (χ1) is 7.65. The molecule has 1 aromatic heterocycles. The van der Waals surface area contributed by atoms with Crippen LogP contribution in [0.2, 0.25) is 5.02 Å². The van der Waals surface area contributed by atoms with Crippen molar-refractivity contribution in [3.8, 4) is 11.3 Å². The van der Waals surface area contributed by atoms with E-state index in [0.29, 0.717) is 0 Å². The van der Waals surface area contributed by atoms with Crippen molar-refractivity contribution in [3.63, 3.8) is 0 Å². The quantitative estimate of drug-likeness (QED) is 0.910. The van der Waals surface area contributed by atoms with E-state index in [1.165, 1.54) is 0 Å². The Morgan fingerprint density at radius 1 is 1.38 bits per heavy atom. The molecule has 1 heterocycles. The zero-order valence-electron chi connectivity index (χ0n) is 8.98. The molecule has 0 saturated carbocycles. The Bertz CT molecular complexity index is 462. The lowest BCUT2D eigenvalue weighted by molar-refractivity contribution is 0.734. The number of benzene rings is 1. The van der Waals surface area contributed by atoms with Crippen LogP contribution < -0.4 is 5.73 Å². The van der Waals surface area contributed by atoms with Crippen LogP contribution in [0.3, 0.4) is 0 Å². The second-order valence-electron chi connectivity index (χ2n) is 3.81. The van der Waals surface area contributed by atoms with Gasteiger partial charge in [-0.15, -0.1) is 11.3 Å². The molecule has 0 saturated heterocycles. The average Bonchev–Trinajstić information content (AvgIpc) is 2.66. The van der Waals surface area contributed by atoms with E-state index in [0.717, 1.165) is 27.7 Å². The van der Waals surface area contributed by atoms with E-state index < -0.39 is 0 Å². The predicted molar refractivity (Wildman–Crippen MR) is 69.9 cm³/mol. The van der Waals surface area contributed by atoms with Crippen LogP contribution in [0, 0.1) is 0 Å². The molecule has 0 aliphatic rings. The molecule has 0 aliphatic heterocycles. The maximum atomic E-state index is 5.84. The summed E-state index contributed by atoms with van der Waals surface area (Å²) in [7, 11) is 0. The maximum absolute atomic E-state index is 5.84. The summed E-state index contributed by atoms with van der Waals surface area (Å²) >= 11 is 7.49. The summed E-state index contributed by atoms with van der Waals surface area (Å²) in [5.74, 6) is 0. The van der Waals surface area contributed by atoms with Gasteiger partial charge in [0, 0.05) is 28.4 Å². The van der Waals surface area contributed by atoms with Gasteiger partial charge in [0.25, 0.3) is 0 Å². The fourth-order valence-electron chi connectivity index (χ4n) is 1.43. The minimum atomic E-state index is 0.157. The highest BCUT2D eigenvalue weighted by Crippen LogP contribution is 2.23. The second-order valence-corrected chi connectivity index (χ2v) is 5.19. The van der Waals surface area contributed by atoms with E-state index in [2.05, 4.69) is 10.4 Å². The molecule has 84 valence electrons. The van der Waals surface area contributed by atoms with Crippen molar-refractivity contribution in [2.45, 2.75) is 19.4 Å². The van der Waals surface area contributed by atoms with Gasteiger partial charge in [-0.05, 0) is 19.1 Å². The number of aromatic nitrogens is 1. The largest absolute Gasteiger partial charge is 0.328 e. The summed E-state index contributed by atoms with van der Waals surface area (Å²) < 4.78 is 0. The topological polar surface area (TPSA) is 38.9 Å². The van der Waals surface area contributed by atoms with Crippen LogP contribution in [-0.4, -0.2) is 11.0 Å². The van der Waals surface area contributed by atoms with Gasteiger partial charge in [0.15, 0.2) is 0 Å². The third kappa shape index (κ3) is 2.82. The summed E-state index contributed by atoms with van der Waals surface area (Å²) in [5, 5.41) is 3.88. The van der Waals surface area contributed by atoms with Gasteiger partial charge in [0.05, 0.1) is 10.7 Å². The minimum Gasteiger partial charge on any atom is -0.328 e. The zero-order valence-corrected chi connectivity index (χ0v) is 10.6. The molecule has 1 aromatic carbocycles. The first kappa shape index (κ1) is 11.6. The molecule has 4 heteroatoms. The highest BCUT2D eigenvalue weighted by atomic mass is 35.5. The van der Waals surface area contributed by atoms with E-state index in [4.69, 9.17) is 17.3 Å². The minimum absolute atomic E-state index is 0.157. The van der Waals surface area contributed by atoms with Crippen molar-refractivity contribution in [2.24, 2.45) is 5.73 Å². The molecule has 0 amide bonds. The average molecular weight is 253 g/mol. The zero-order chi connectivity index (χ0) is 11.5. The van der Waals surface area contributed by atoms with Crippen molar-refractivity contribution in [1.29, 1.82) is 0 Å². The van der Waals surface area contributed by atoms with E-state index in [1.807, 2.05) is 31.2 Å². The Labute approximate surface area is 104 Å². The number of hydrogen-bond acceptors (Lipinski definition) is 3. The van der Waals surface area contributed by atoms with Gasteiger partial charge in [-0.25, -0.2) is 4.98 Å². The van der Waals surface area contributed by atoms with Crippen LogP contribution in [0.4, 0.5) is 0 Å². The normalized spacial score (nSPS) is 12.7. The number of rotatable bonds is 3. The molecular formula is C12H13ClN2S. The van der Waals surface area contributed by atoms with Gasteiger partial charge >= 0.3 is 0 Å². The Kier molecular flexibility index (Phi) is 3.59. The second kappa shape index (κ2) is 4.95. The molecular weight excluding hydrogens is 240 g/mol. The van der Waals surface area contributed by atoms with Crippen molar-refractivity contribution >= 4 is 22.9 Å². The van der Waals surface area contributed by atoms with E-state index in [-0.39, 0.29) is 6.04 Å². The van der Waals surface area contributed by atoms with Gasteiger partial charge in [-0.2, -0.15) is 0 Å². The van der Waals surface area contributed by atoms with Crippen LogP contribution in [0.15, 0.2) is 29.6 Å². The number of nitrogens with zero attached hydrogens (tertiary/aromatic N) is 1. The molecule has 1 atom stereocenters. The molecule has 0 radical (unpaired) electrons. The van der Waals surface area contributed by atoms with Crippen molar-refractivity contribution in [3.05, 3.63) is 39.7 Å². The van der Waals surface area contributed by atoms with Gasteiger partial charge in [-0.1, -0.05) is 23.7 Å². The van der Waals surface area contributed by atoms with Gasteiger partial charge in [-0.3, -0.25) is 0 Å². The third-order valence-electron chi connectivity index (χ3n) is 2.19. The standard InChI is InChI=1S/C12H13ClN2S/c1-8(14)6-12-15-11(7-16-12)9-2-4-10(13)5-3-9/h2-5,7-8H,6,14H2,1H3. The number of nitrogens with two attached hydrogens (primary N) is 1. The Balaban J connectivity index is 2.21. The number of thiazole rings is 1. The molecule has 0 aliphatic carbocycles. The van der Waals surface area contributed by atoms with Crippen LogP contribution in [-0.2, 0) is 6.42 Å². The van der Waals surface area contributed by atoms with Crippen LogP contribution >= 0.6 is 22.9 Å². The fraction of sp³-hybridized carbons (Fsp3) is 0.250. The number of hydrogen-bond donors (Lipinski definition) is 1. The smallest absolute Gasteiger partial charge is 0.0947 e. The lowest BCUT2D eigenvalue weighted by Crippen LogP contribution is -2.17. The van der Waals surface area contributed by atoms with E-state index in [1.54, 1.807) is 11.3 Å². The van der Waals surface area contributed by atoms with Crippen LogP contribution in [0.5, 0.6) is 0 Å². The number of halogens is 1. The van der Waals surface area contributed by atoms with Crippen molar-refractivity contribution in [2.75, 3.05) is 0 Å². The molecule has 2 N–H and O–H groups in total. The Morgan fingerprint density at radius 3 is 2.69 bits per heavy atom. The molecule has 0 fully saturated rings. The van der Waals surface area contributed by atoms with Gasteiger partial charge in [0.1, 0.15) is 0 Å². The molecule has 2 rings (SSSR count). The van der Waals surface area contributed by atoms with Crippen molar-refractivity contribution in [1.82, 2.24) is 4.98 Å². The third-order valence-corrected chi connectivity index (χ3v) is 3.31. The fourth-order valence-corrected chi connectivity index (χ4v) is 2.51. The first-order valence-electron chi connectivity index (χ1n) is 5.11. The summed E-state index contributed by atoms with van der Waals surface area (Å²) in [6.07, 6.45) is 0.832. The van der Waals surface area contributed by atoms with Crippen LogP contribution in [0.1, 0.15) is 11.9 Å². The molecule has 1 unspecified atom stereocenters. The Hall–Kier alpha value is -0.900. The Morgan fingerprint density at radius 2 is 2.06 bits per heavy atom. The van der Waals surface area contributed by atoms with Crippen molar-refractivity contribution < 1.29 is 0 Å². The highest BCUT2D eigenvalue weighted by molar-refractivity contribution is 7.09. The van der Waals surface area contributed by atoms with Crippen LogP contribution in [0.25, 0.3) is 11.3 Å². The lowest BCUT2D eigenvalue weighted by atomic mass is 10.2. The van der Waals surface area contributed by atoms with Gasteiger partial charge in [0.2, 0.25) is 0 Å². The summed E-state index contributed by atoms with van der Waals surface area (Å²) in [6.45, 7) is 1.99. The van der Waals surface area contributed by atoms with E-state index in [9.17, 15) is 0 Å². The monoisotopic (exact) mass is 252 g/mol. The molecule has 0 bridgehead atoms. The first-order valence-corrected chi connectivity index (χ1v) is 6.37. The predicted octanol–water partition coefficient (Wildman–Crippen LogP) is 3.35. The summed E-state index contributed by atoms with van der Waals surface area (Å²) in [4.78, 5) is 4.55.